The molecule has 0 radical (unpaired) electrons. The first kappa shape index (κ1) is 20.8. The van der Waals surface area contributed by atoms with Crippen molar-refractivity contribution in [2.45, 2.75) is 13.5 Å². The number of hydrogen-bond acceptors (Lipinski definition) is 7. The maximum atomic E-state index is 12.5. The van der Waals surface area contributed by atoms with E-state index in [2.05, 4.69) is 10.3 Å². The van der Waals surface area contributed by atoms with Crippen molar-refractivity contribution in [2.24, 2.45) is 0 Å². The van der Waals surface area contributed by atoms with Gasteiger partial charge < -0.3 is 18.2 Å². The summed E-state index contributed by atoms with van der Waals surface area (Å²) in [6.45, 7) is 1.84. The van der Waals surface area contributed by atoms with Gasteiger partial charge in [0.25, 0.3) is 0 Å². The number of amides is 1. The minimum absolute atomic E-state index is 0.0594. The van der Waals surface area contributed by atoms with Crippen molar-refractivity contribution in [3.63, 3.8) is 0 Å². The first-order valence-electron chi connectivity index (χ1n) is 8.73. The molecule has 1 heterocycles. The molecule has 0 aliphatic rings. The molecular weight excluding hydrogens is 395 g/mol. The number of anilines is 1. The number of oxazole rings is 1. The molecule has 1 amide bonds. The molecule has 0 saturated heterocycles. The van der Waals surface area contributed by atoms with E-state index in [0.717, 1.165) is 5.56 Å². The first-order chi connectivity index (χ1) is 13.9. The fourth-order valence-corrected chi connectivity index (χ4v) is 3.70. The average Bonchev–Trinajstić information content (AvgIpc) is 3.15. The topological polar surface area (TPSA) is 99.9 Å². The average molecular weight is 416 g/mol. The molecule has 8 nitrogen and oxygen atoms in total. The Labute approximate surface area is 168 Å². The van der Waals surface area contributed by atoms with E-state index in [1.807, 2.05) is 30.3 Å². The van der Waals surface area contributed by atoms with Gasteiger partial charge in [0.2, 0.25) is 11.4 Å². The number of benzene rings is 2. The summed E-state index contributed by atoms with van der Waals surface area (Å²) < 4.78 is 33.2. The molecule has 29 heavy (non-hydrogen) atoms. The zero-order valence-electron chi connectivity index (χ0n) is 16.2. The first-order valence-corrected chi connectivity index (χ1v) is 10.3. The fraction of sp³-hybridized carbons (Fsp3) is 0.200. The molecule has 0 saturated carbocycles. The van der Waals surface area contributed by atoms with Gasteiger partial charge >= 0.3 is 13.7 Å². The predicted molar refractivity (Wildman–Crippen MR) is 108 cm³/mol. The normalized spacial score (nSPS) is 11.3. The van der Waals surface area contributed by atoms with Crippen molar-refractivity contribution in [3.05, 3.63) is 65.9 Å². The maximum absolute atomic E-state index is 12.5. The SMILES string of the molecule is COP(=O)(OC)c1oc(-c2ccc(NC(=O)OCc3ccccc3)cc2)nc1C. The molecule has 0 aliphatic heterocycles. The standard InChI is InChI=1S/C20H21N2O6P/c1-14-19(29(24,25-2)26-3)28-18(21-14)16-9-11-17(12-10-16)22-20(23)27-13-15-7-5-4-6-8-15/h4-12H,13H2,1-3H3,(H,22,23). The molecule has 2 aromatic carbocycles. The number of carbonyl (C=O) groups excluding carboxylic acids is 1. The van der Waals surface area contributed by atoms with Crippen LogP contribution in [0.3, 0.4) is 0 Å². The van der Waals surface area contributed by atoms with Gasteiger partial charge in [-0.2, -0.15) is 0 Å². The summed E-state index contributed by atoms with van der Waals surface area (Å²) in [5.41, 5.74) is 2.57. The summed E-state index contributed by atoms with van der Waals surface area (Å²) in [5.74, 6) is 0.269. The van der Waals surface area contributed by atoms with Crippen LogP contribution in [-0.4, -0.2) is 25.3 Å². The van der Waals surface area contributed by atoms with Crippen LogP contribution in [0.15, 0.2) is 59.0 Å². The lowest BCUT2D eigenvalue weighted by atomic mass is 10.2. The Hall–Kier alpha value is -2.93. The second kappa shape index (κ2) is 9.05. The third-order valence-electron chi connectivity index (χ3n) is 4.09. The van der Waals surface area contributed by atoms with Crippen molar-refractivity contribution in [3.8, 4) is 11.5 Å². The third kappa shape index (κ3) is 4.92. The molecule has 0 unspecified atom stereocenters. The minimum Gasteiger partial charge on any atom is -0.444 e. The van der Waals surface area contributed by atoms with Crippen molar-refractivity contribution < 1.29 is 27.6 Å². The molecule has 152 valence electrons. The van der Waals surface area contributed by atoms with Gasteiger partial charge in [0.05, 0.1) is 5.69 Å². The van der Waals surface area contributed by atoms with Gasteiger partial charge in [0, 0.05) is 25.5 Å². The second-order valence-electron chi connectivity index (χ2n) is 6.04. The highest BCUT2D eigenvalue weighted by Crippen LogP contribution is 2.46. The highest BCUT2D eigenvalue weighted by molar-refractivity contribution is 7.61. The molecule has 0 aliphatic carbocycles. The van der Waals surface area contributed by atoms with Crippen LogP contribution >= 0.6 is 7.60 Å². The monoisotopic (exact) mass is 416 g/mol. The number of nitrogens with zero attached hydrogens (tertiary/aromatic N) is 1. The van der Waals surface area contributed by atoms with E-state index in [9.17, 15) is 9.36 Å². The van der Waals surface area contributed by atoms with Gasteiger partial charge in [-0.15, -0.1) is 0 Å². The molecule has 0 spiro atoms. The lowest BCUT2D eigenvalue weighted by molar-refractivity contribution is 0.155. The number of aryl methyl sites for hydroxylation is 1. The Morgan fingerprint density at radius 3 is 2.34 bits per heavy atom. The van der Waals surface area contributed by atoms with E-state index in [1.54, 1.807) is 31.2 Å². The van der Waals surface area contributed by atoms with Crippen LogP contribution in [0.2, 0.25) is 0 Å². The van der Waals surface area contributed by atoms with Crippen LogP contribution < -0.4 is 10.8 Å². The summed E-state index contributed by atoms with van der Waals surface area (Å²) >= 11 is 0. The Bertz CT molecular complexity index is 1010. The number of carbonyl (C=O) groups is 1. The summed E-state index contributed by atoms with van der Waals surface area (Å²) in [5, 5.41) is 2.65. The maximum Gasteiger partial charge on any atom is 0.411 e. The van der Waals surface area contributed by atoms with Crippen molar-refractivity contribution >= 4 is 24.9 Å². The molecule has 9 heteroatoms. The van der Waals surface area contributed by atoms with Crippen molar-refractivity contribution in [1.29, 1.82) is 0 Å². The van der Waals surface area contributed by atoms with Crippen LogP contribution in [0.1, 0.15) is 11.3 Å². The predicted octanol–water partition coefficient (Wildman–Crippen LogP) is 4.51. The number of rotatable bonds is 7. The van der Waals surface area contributed by atoms with Gasteiger partial charge in [0.1, 0.15) is 6.61 Å². The third-order valence-corrected chi connectivity index (χ3v) is 5.97. The van der Waals surface area contributed by atoms with E-state index in [0.29, 0.717) is 16.9 Å². The Balaban J connectivity index is 1.66. The highest BCUT2D eigenvalue weighted by Gasteiger charge is 2.32. The zero-order valence-corrected chi connectivity index (χ0v) is 17.1. The van der Waals surface area contributed by atoms with Crippen LogP contribution in [0, 0.1) is 6.92 Å². The molecule has 0 fully saturated rings. The smallest absolute Gasteiger partial charge is 0.411 e. The molecular formula is C20H21N2O6P. The summed E-state index contributed by atoms with van der Waals surface area (Å²) in [6, 6.07) is 16.2. The summed E-state index contributed by atoms with van der Waals surface area (Å²) in [6.07, 6.45) is -0.558. The van der Waals surface area contributed by atoms with E-state index in [-0.39, 0.29) is 18.0 Å². The summed E-state index contributed by atoms with van der Waals surface area (Å²) in [7, 11) is -0.973. The lowest BCUT2D eigenvalue weighted by Crippen LogP contribution is -2.13. The molecule has 1 aromatic heterocycles. The second-order valence-corrected chi connectivity index (χ2v) is 8.17. The Morgan fingerprint density at radius 2 is 1.72 bits per heavy atom. The van der Waals surface area contributed by atoms with Crippen LogP contribution in [0.4, 0.5) is 10.5 Å². The van der Waals surface area contributed by atoms with Crippen molar-refractivity contribution in [1.82, 2.24) is 4.98 Å². The number of ether oxygens (including phenoxy) is 1. The minimum atomic E-state index is -3.54. The molecule has 1 N–H and O–H groups in total. The van der Waals surface area contributed by atoms with Gasteiger partial charge in [-0.1, -0.05) is 30.3 Å². The van der Waals surface area contributed by atoms with E-state index in [4.69, 9.17) is 18.2 Å². The van der Waals surface area contributed by atoms with Crippen molar-refractivity contribution in [2.75, 3.05) is 19.5 Å². The van der Waals surface area contributed by atoms with Gasteiger partial charge in [-0.05, 0) is 36.8 Å². The van der Waals surface area contributed by atoms with Crippen LogP contribution in [0.25, 0.3) is 11.5 Å². The van der Waals surface area contributed by atoms with Gasteiger partial charge in [-0.3, -0.25) is 9.88 Å². The largest absolute Gasteiger partial charge is 0.444 e. The molecule has 0 atom stereocenters. The number of hydrogen-bond donors (Lipinski definition) is 1. The van der Waals surface area contributed by atoms with Gasteiger partial charge in [-0.25, -0.2) is 9.78 Å². The Morgan fingerprint density at radius 1 is 1.07 bits per heavy atom. The Kier molecular flexibility index (Phi) is 6.49. The number of aromatic nitrogens is 1. The fourth-order valence-electron chi connectivity index (χ4n) is 2.58. The van der Waals surface area contributed by atoms with Gasteiger partial charge in [0.15, 0.2) is 0 Å². The molecule has 3 aromatic rings. The molecule has 0 bridgehead atoms. The van der Waals surface area contributed by atoms with E-state index >= 15 is 0 Å². The zero-order chi connectivity index (χ0) is 20.9. The van der Waals surface area contributed by atoms with E-state index in [1.165, 1.54) is 14.2 Å². The van der Waals surface area contributed by atoms with Crippen LogP contribution in [0.5, 0.6) is 0 Å². The van der Waals surface area contributed by atoms with E-state index < -0.39 is 13.7 Å². The summed E-state index contributed by atoms with van der Waals surface area (Å²) in [4.78, 5) is 16.2. The lowest BCUT2D eigenvalue weighted by Gasteiger charge is -2.10. The number of nitrogens with one attached hydrogen (secondary N) is 1. The highest BCUT2D eigenvalue weighted by atomic mass is 31.2. The molecule has 3 rings (SSSR count). The van der Waals surface area contributed by atoms with Crippen LogP contribution in [-0.2, 0) is 25.0 Å². The quantitative estimate of drug-likeness (QED) is 0.566.